The maximum atomic E-state index is 12.5. The molecule has 10 aromatic carbocycles. The molecule has 70 heavy (non-hydrogen) atoms. The first-order valence-corrected chi connectivity index (χ1v) is 22.5. The summed E-state index contributed by atoms with van der Waals surface area (Å²) >= 11 is 0. The lowest BCUT2D eigenvalue weighted by atomic mass is 10.0. The Morgan fingerprint density at radius 1 is 0.471 bits per heavy atom. The number of aromatic nitrogens is 4. The minimum absolute atomic E-state index is 0.0301. The number of nitriles is 1. The molecule has 0 aliphatic carbocycles. The van der Waals surface area contributed by atoms with E-state index in [1.807, 2.05) is 159 Å². The second kappa shape index (κ2) is 14.1. The van der Waals surface area contributed by atoms with Gasteiger partial charge >= 0.3 is 0 Å². The molecular formula is C63H36N6O. The van der Waals surface area contributed by atoms with Crippen LogP contribution >= 0.6 is 0 Å². The predicted octanol–water partition coefficient (Wildman–Crippen LogP) is 16.7. The second-order valence-corrected chi connectivity index (χ2v) is 17.2. The lowest BCUT2D eigenvalue weighted by Crippen LogP contribution is -2.14. The van der Waals surface area contributed by atoms with Crippen LogP contribution in [0.1, 0.15) is 27.6 Å². The molecule has 5 aromatic heterocycles. The molecule has 15 aromatic rings. The van der Waals surface area contributed by atoms with Gasteiger partial charge in [-0.05, 0) is 67.4 Å². The standard InChI is InChI=1S/C63H36N6O/c1-37-31-34-55-47(35-37)45-32-33-46-44-23-9-16-30-56(44)70-63(46)60(45)69(55)62-59(67-51-26-12-5-19-40(51)41-20-6-13-27-52(41)67)48(36-64)58(66-49-24-10-3-17-38(49)39-18-4-11-25-50(39)66)57(65-2)61(62)68-53-28-14-7-21-42(53)43-22-8-15-29-54(43)68/h3-35H,1H3/i1D3,9D,16D,23D,30D,31D,32D,33D,34D,35D. The SMILES string of the molecule is [2H]c1c([2H])c([2H])c2c(oc3c2c([2H])c([2H])c2c4c([2H])c(C([2H])([2H])[2H])c([2H])c([2H])c4n(-c4c(-n5c6ccccc6c6ccccc65)c(C#N)c(-n5c6ccccc6c6ccccc65)c([N+]#[C-])c4-n4c5ccccc5c5ccccc54)c32)c1[2H]. The molecule has 0 N–H and O–H groups in total. The van der Waals surface area contributed by atoms with E-state index in [-0.39, 0.29) is 77.7 Å². The molecule has 0 atom stereocenters. The molecule has 15 rings (SSSR count). The molecule has 5 heterocycles. The van der Waals surface area contributed by atoms with Gasteiger partial charge in [-0.25, -0.2) is 4.85 Å². The number of hydrogen-bond acceptors (Lipinski definition) is 2. The van der Waals surface area contributed by atoms with Crippen molar-refractivity contribution in [3.8, 4) is 28.8 Å². The van der Waals surface area contributed by atoms with E-state index in [4.69, 9.17) is 12.6 Å². The van der Waals surface area contributed by atoms with Gasteiger partial charge in [0.2, 0.25) is 5.69 Å². The van der Waals surface area contributed by atoms with Crippen LogP contribution in [-0.2, 0) is 0 Å². The van der Waals surface area contributed by atoms with Crippen LogP contribution < -0.4 is 0 Å². The first kappa shape index (κ1) is 28.4. The fraction of sp³-hybridized carbons (Fsp3) is 0.0159. The minimum atomic E-state index is -3.16. The molecule has 0 aliphatic heterocycles. The summed E-state index contributed by atoms with van der Waals surface area (Å²) in [4.78, 5) is 4.53. The van der Waals surface area contributed by atoms with E-state index in [0.717, 1.165) is 32.3 Å². The monoisotopic (exact) mass is 904 g/mol. The fourth-order valence-electron chi connectivity index (χ4n) is 11.1. The zero-order valence-corrected chi connectivity index (χ0v) is 36.4. The van der Waals surface area contributed by atoms with Crippen LogP contribution in [0.3, 0.4) is 0 Å². The van der Waals surface area contributed by atoms with E-state index in [0.29, 0.717) is 33.1 Å². The van der Waals surface area contributed by atoms with Gasteiger partial charge in [0.05, 0.1) is 91.4 Å². The Hall–Kier alpha value is -9.82. The van der Waals surface area contributed by atoms with E-state index >= 15 is 0 Å². The molecule has 0 saturated carbocycles. The van der Waals surface area contributed by atoms with Gasteiger partial charge in [-0.15, -0.1) is 0 Å². The molecule has 7 heteroatoms. The number of benzene rings is 10. The Morgan fingerprint density at radius 2 is 0.943 bits per heavy atom. The van der Waals surface area contributed by atoms with Crippen molar-refractivity contribution < 1.29 is 20.9 Å². The number of nitrogens with zero attached hydrogens (tertiary/aromatic N) is 6. The first-order valence-electron chi connectivity index (χ1n) is 28.5. The van der Waals surface area contributed by atoms with Crippen molar-refractivity contribution in [2.45, 2.75) is 6.85 Å². The van der Waals surface area contributed by atoms with Gasteiger partial charge in [-0.2, -0.15) is 5.26 Å². The highest BCUT2D eigenvalue weighted by atomic mass is 16.3. The maximum absolute atomic E-state index is 12.5. The van der Waals surface area contributed by atoms with Gasteiger partial charge in [0.15, 0.2) is 5.58 Å². The van der Waals surface area contributed by atoms with Crippen LogP contribution in [0.15, 0.2) is 204 Å². The zero-order valence-electron chi connectivity index (χ0n) is 48.4. The number of para-hydroxylation sites is 7. The van der Waals surface area contributed by atoms with Crippen LogP contribution in [0.5, 0.6) is 0 Å². The molecule has 0 saturated heterocycles. The minimum Gasteiger partial charge on any atom is -0.454 e. The highest BCUT2D eigenvalue weighted by Crippen LogP contribution is 2.52. The summed E-state index contributed by atoms with van der Waals surface area (Å²) in [5, 5.41) is 16.2. The summed E-state index contributed by atoms with van der Waals surface area (Å²) in [5.41, 5.74) is 1.88. The zero-order chi connectivity index (χ0) is 56.7. The largest absolute Gasteiger partial charge is 0.454 e. The number of hydrogen-bond donors (Lipinski definition) is 0. The molecule has 0 radical (unpaired) electrons. The van der Waals surface area contributed by atoms with Crippen LogP contribution in [0, 0.1) is 24.8 Å². The molecule has 0 amide bonds. The van der Waals surface area contributed by atoms with E-state index in [2.05, 4.69) is 10.9 Å². The number of rotatable bonds is 4. The van der Waals surface area contributed by atoms with Crippen LogP contribution in [0.4, 0.5) is 5.69 Å². The summed E-state index contributed by atoms with van der Waals surface area (Å²) < 4.78 is 126. The topological polar surface area (TPSA) is 61.0 Å². The summed E-state index contributed by atoms with van der Waals surface area (Å²) in [6, 6.07) is 42.4. The molecule has 0 fully saturated rings. The predicted molar refractivity (Wildman–Crippen MR) is 287 cm³/mol. The summed E-state index contributed by atoms with van der Waals surface area (Å²) in [6.07, 6.45) is 0. The molecule has 0 unspecified atom stereocenters. The van der Waals surface area contributed by atoms with Gasteiger partial charge in [0.1, 0.15) is 11.7 Å². The molecule has 7 nitrogen and oxygen atoms in total. The van der Waals surface area contributed by atoms with E-state index in [9.17, 15) is 20.1 Å². The third kappa shape index (κ3) is 4.89. The Morgan fingerprint density at radius 3 is 1.44 bits per heavy atom. The molecule has 0 spiro atoms. The van der Waals surface area contributed by atoms with Crippen molar-refractivity contribution >= 4 is 115 Å². The highest BCUT2D eigenvalue weighted by molar-refractivity contribution is 6.23. The molecular weight excluding hydrogens is 857 g/mol. The first-order chi connectivity index (χ1) is 39.6. The third-order valence-corrected chi connectivity index (χ3v) is 13.8. The van der Waals surface area contributed by atoms with E-state index < -0.39 is 66.8 Å². The van der Waals surface area contributed by atoms with Gasteiger partial charge in [0.25, 0.3) is 0 Å². The van der Waals surface area contributed by atoms with Crippen molar-refractivity contribution in [3.63, 3.8) is 0 Å². The third-order valence-electron chi connectivity index (χ3n) is 13.8. The maximum Gasteiger partial charge on any atom is 0.237 e. The van der Waals surface area contributed by atoms with E-state index in [1.54, 1.807) is 0 Å². The van der Waals surface area contributed by atoms with Gasteiger partial charge in [-0.1, -0.05) is 145 Å². The van der Waals surface area contributed by atoms with Crippen molar-refractivity contribution in [2.75, 3.05) is 0 Å². The normalized spacial score (nSPS) is 14.7. The smallest absolute Gasteiger partial charge is 0.237 e. The highest BCUT2D eigenvalue weighted by Gasteiger charge is 2.35. The fourth-order valence-corrected chi connectivity index (χ4v) is 11.1. The second-order valence-electron chi connectivity index (χ2n) is 17.2. The molecule has 324 valence electrons. The van der Waals surface area contributed by atoms with Gasteiger partial charge < -0.3 is 22.7 Å². The average Bonchev–Trinajstić information content (AvgIpc) is 3.99. The lowest BCUT2D eigenvalue weighted by molar-refractivity contribution is 0.671. The lowest BCUT2D eigenvalue weighted by Gasteiger charge is -2.27. The van der Waals surface area contributed by atoms with Crippen molar-refractivity contribution in [1.82, 2.24) is 18.3 Å². The number of fused-ring (bicyclic) bond motifs is 16. The van der Waals surface area contributed by atoms with Crippen molar-refractivity contribution in [2.24, 2.45) is 0 Å². The Kier molecular flexibility index (Phi) is 5.72. The van der Waals surface area contributed by atoms with Crippen LogP contribution in [0.2, 0.25) is 0 Å². The average molecular weight is 905 g/mol. The van der Waals surface area contributed by atoms with Crippen LogP contribution in [0.25, 0.3) is 137 Å². The van der Waals surface area contributed by atoms with Crippen molar-refractivity contribution in [1.29, 1.82) is 5.26 Å². The Bertz CT molecular complexity index is 5240. The quantitative estimate of drug-likeness (QED) is 0.165. The summed E-state index contributed by atoms with van der Waals surface area (Å²) in [6.45, 7) is 6.56. The number of furan rings is 1. The molecule has 0 bridgehead atoms. The van der Waals surface area contributed by atoms with Crippen LogP contribution in [-0.4, -0.2) is 18.3 Å². The Balaban J connectivity index is 1.35. The Labute approximate surface area is 416 Å². The summed E-state index contributed by atoms with van der Waals surface area (Å²) in [7, 11) is 0. The molecule has 0 aliphatic rings. The van der Waals surface area contributed by atoms with Gasteiger partial charge in [0, 0.05) is 58.0 Å². The van der Waals surface area contributed by atoms with Crippen molar-refractivity contribution in [3.05, 3.63) is 223 Å². The summed E-state index contributed by atoms with van der Waals surface area (Å²) in [5.74, 6) is 0. The van der Waals surface area contributed by atoms with E-state index in [1.165, 1.54) is 4.57 Å². The van der Waals surface area contributed by atoms with Gasteiger partial charge in [-0.3, -0.25) is 0 Å².